The Kier molecular flexibility index (Phi) is 5.71. The molecule has 0 radical (unpaired) electrons. The lowest BCUT2D eigenvalue weighted by molar-refractivity contribution is 0.497. The number of rotatable bonds is 6. The molecule has 0 amide bonds. The maximum absolute atomic E-state index is 14.0. The number of hydrogen-bond donors (Lipinski definition) is 1. The highest BCUT2D eigenvalue weighted by atomic mass is 35.5. The Morgan fingerprint density at radius 1 is 1.14 bits per heavy atom. The summed E-state index contributed by atoms with van der Waals surface area (Å²) in [5.41, 5.74) is 1.40. The lowest BCUT2D eigenvalue weighted by atomic mass is 9.98. The van der Waals surface area contributed by atoms with E-state index in [0.29, 0.717) is 17.0 Å². The molecule has 0 saturated heterocycles. The standard InChI is InChI=1S/C17H18ClF2N/c1-2-9-21-17(14-5-3-4-6-16(14)20)10-12-7-8-13(19)11-15(12)18/h3-8,11,17,21H,2,9-10H2,1H3. The minimum absolute atomic E-state index is 0.186. The van der Waals surface area contributed by atoms with Gasteiger partial charge in [0.05, 0.1) is 0 Å². The minimum Gasteiger partial charge on any atom is -0.310 e. The first-order chi connectivity index (χ1) is 10.1. The average molecular weight is 310 g/mol. The number of benzene rings is 2. The normalized spacial score (nSPS) is 12.4. The summed E-state index contributed by atoms with van der Waals surface area (Å²) in [7, 11) is 0. The summed E-state index contributed by atoms with van der Waals surface area (Å²) in [6.07, 6.45) is 1.46. The quantitative estimate of drug-likeness (QED) is 0.800. The smallest absolute Gasteiger partial charge is 0.127 e. The van der Waals surface area contributed by atoms with Gasteiger partial charge in [0.25, 0.3) is 0 Å². The molecule has 2 aromatic rings. The topological polar surface area (TPSA) is 12.0 Å². The van der Waals surface area contributed by atoms with E-state index in [0.717, 1.165) is 18.5 Å². The SMILES string of the molecule is CCCNC(Cc1ccc(F)cc1Cl)c1ccccc1F. The fourth-order valence-corrected chi connectivity index (χ4v) is 2.52. The van der Waals surface area contributed by atoms with Gasteiger partial charge in [0.1, 0.15) is 11.6 Å². The molecule has 0 aliphatic rings. The van der Waals surface area contributed by atoms with Gasteiger partial charge in [-0.05, 0) is 43.1 Å². The van der Waals surface area contributed by atoms with Gasteiger partial charge in [-0.25, -0.2) is 8.78 Å². The zero-order valence-corrected chi connectivity index (χ0v) is 12.6. The summed E-state index contributed by atoms with van der Waals surface area (Å²) < 4.78 is 27.1. The van der Waals surface area contributed by atoms with Gasteiger partial charge in [-0.3, -0.25) is 0 Å². The van der Waals surface area contributed by atoms with Gasteiger partial charge >= 0.3 is 0 Å². The maximum atomic E-state index is 14.0. The van der Waals surface area contributed by atoms with Crippen molar-refractivity contribution in [3.05, 3.63) is 70.2 Å². The van der Waals surface area contributed by atoms with Crippen LogP contribution in [0.2, 0.25) is 5.02 Å². The van der Waals surface area contributed by atoms with E-state index in [1.54, 1.807) is 18.2 Å². The summed E-state index contributed by atoms with van der Waals surface area (Å²) in [4.78, 5) is 0. The van der Waals surface area contributed by atoms with E-state index in [1.165, 1.54) is 18.2 Å². The summed E-state index contributed by atoms with van der Waals surface area (Å²) >= 11 is 6.07. The first kappa shape index (κ1) is 15.9. The molecule has 0 fully saturated rings. The van der Waals surface area contributed by atoms with Crippen molar-refractivity contribution in [1.29, 1.82) is 0 Å². The second-order valence-corrected chi connectivity index (χ2v) is 5.38. The molecule has 0 aliphatic carbocycles. The molecule has 2 aromatic carbocycles. The zero-order chi connectivity index (χ0) is 15.2. The third kappa shape index (κ3) is 4.26. The van der Waals surface area contributed by atoms with Crippen LogP contribution >= 0.6 is 11.6 Å². The predicted octanol–water partition coefficient (Wildman–Crippen LogP) is 4.90. The van der Waals surface area contributed by atoms with Gasteiger partial charge in [-0.1, -0.05) is 42.8 Å². The molecular weight excluding hydrogens is 292 g/mol. The highest BCUT2D eigenvalue weighted by molar-refractivity contribution is 6.31. The highest BCUT2D eigenvalue weighted by Crippen LogP contribution is 2.25. The maximum Gasteiger partial charge on any atom is 0.127 e. The number of nitrogens with one attached hydrogen (secondary N) is 1. The fraction of sp³-hybridized carbons (Fsp3) is 0.294. The molecule has 0 aliphatic heterocycles. The van der Waals surface area contributed by atoms with Crippen molar-refractivity contribution in [1.82, 2.24) is 5.32 Å². The molecule has 0 saturated carbocycles. The van der Waals surface area contributed by atoms with Gasteiger partial charge in [0.15, 0.2) is 0 Å². The van der Waals surface area contributed by atoms with Gasteiger partial charge in [0, 0.05) is 16.6 Å². The van der Waals surface area contributed by atoms with E-state index < -0.39 is 0 Å². The lowest BCUT2D eigenvalue weighted by Gasteiger charge is -2.20. The molecular formula is C17H18ClF2N. The molecule has 112 valence electrons. The molecule has 1 unspecified atom stereocenters. The second-order valence-electron chi connectivity index (χ2n) is 4.97. The summed E-state index contributed by atoms with van der Waals surface area (Å²) in [6, 6.07) is 10.8. The fourth-order valence-electron chi connectivity index (χ4n) is 2.28. The molecule has 2 rings (SSSR count). The average Bonchev–Trinajstić information content (AvgIpc) is 2.46. The van der Waals surface area contributed by atoms with Crippen LogP contribution in [0.5, 0.6) is 0 Å². The molecule has 1 N–H and O–H groups in total. The Morgan fingerprint density at radius 3 is 2.57 bits per heavy atom. The van der Waals surface area contributed by atoms with Crippen molar-refractivity contribution in [3.8, 4) is 0 Å². The van der Waals surface area contributed by atoms with Crippen LogP contribution in [0.1, 0.15) is 30.5 Å². The molecule has 1 atom stereocenters. The van der Waals surface area contributed by atoms with Crippen molar-refractivity contribution in [2.24, 2.45) is 0 Å². The van der Waals surface area contributed by atoms with Crippen LogP contribution < -0.4 is 5.32 Å². The molecule has 0 spiro atoms. The Labute approximate surface area is 128 Å². The predicted molar refractivity (Wildman–Crippen MR) is 82.5 cm³/mol. The zero-order valence-electron chi connectivity index (χ0n) is 11.9. The Bertz CT molecular complexity index is 601. The monoisotopic (exact) mass is 309 g/mol. The van der Waals surface area contributed by atoms with Gasteiger partial charge in [-0.15, -0.1) is 0 Å². The van der Waals surface area contributed by atoms with Crippen LogP contribution in [0.15, 0.2) is 42.5 Å². The summed E-state index contributed by atoms with van der Waals surface area (Å²) in [5, 5.41) is 3.69. The largest absolute Gasteiger partial charge is 0.310 e. The Balaban J connectivity index is 2.26. The second kappa shape index (κ2) is 7.53. The molecule has 1 nitrogen and oxygen atoms in total. The number of hydrogen-bond acceptors (Lipinski definition) is 1. The van der Waals surface area contributed by atoms with E-state index in [4.69, 9.17) is 11.6 Å². The van der Waals surface area contributed by atoms with Crippen molar-refractivity contribution in [3.63, 3.8) is 0 Å². The van der Waals surface area contributed by atoms with Gasteiger partial charge in [0.2, 0.25) is 0 Å². The highest BCUT2D eigenvalue weighted by Gasteiger charge is 2.16. The summed E-state index contributed by atoms with van der Waals surface area (Å²) in [5.74, 6) is -0.614. The van der Waals surface area contributed by atoms with Crippen LogP contribution in [0.25, 0.3) is 0 Å². The molecule has 0 heterocycles. The lowest BCUT2D eigenvalue weighted by Crippen LogP contribution is -2.25. The minimum atomic E-state index is -0.368. The molecule has 0 aromatic heterocycles. The third-order valence-corrected chi connectivity index (χ3v) is 3.71. The van der Waals surface area contributed by atoms with E-state index >= 15 is 0 Å². The van der Waals surface area contributed by atoms with Gasteiger partial charge < -0.3 is 5.32 Å². The Morgan fingerprint density at radius 2 is 1.90 bits per heavy atom. The van der Waals surface area contributed by atoms with E-state index in [2.05, 4.69) is 12.2 Å². The third-order valence-electron chi connectivity index (χ3n) is 3.36. The van der Waals surface area contributed by atoms with Crippen molar-refractivity contribution in [2.45, 2.75) is 25.8 Å². The van der Waals surface area contributed by atoms with Crippen molar-refractivity contribution in [2.75, 3.05) is 6.54 Å². The van der Waals surface area contributed by atoms with Crippen LogP contribution in [0.3, 0.4) is 0 Å². The first-order valence-corrected chi connectivity index (χ1v) is 7.41. The van der Waals surface area contributed by atoms with E-state index in [1.807, 2.05) is 6.07 Å². The first-order valence-electron chi connectivity index (χ1n) is 7.03. The van der Waals surface area contributed by atoms with Crippen LogP contribution in [0.4, 0.5) is 8.78 Å². The Hall–Kier alpha value is -1.45. The molecule has 4 heteroatoms. The van der Waals surface area contributed by atoms with Crippen LogP contribution in [-0.2, 0) is 6.42 Å². The number of halogens is 3. The van der Waals surface area contributed by atoms with E-state index in [9.17, 15) is 8.78 Å². The molecule has 0 bridgehead atoms. The van der Waals surface area contributed by atoms with Crippen molar-refractivity contribution < 1.29 is 8.78 Å². The molecule has 21 heavy (non-hydrogen) atoms. The van der Waals surface area contributed by atoms with Crippen LogP contribution in [-0.4, -0.2) is 6.54 Å². The van der Waals surface area contributed by atoms with Crippen LogP contribution in [0, 0.1) is 11.6 Å². The van der Waals surface area contributed by atoms with E-state index in [-0.39, 0.29) is 17.7 Å². The van der Waals surface area contributed by atoms with Crippen molar-refractivity contribution >= 4 is 11.6 Å². The van der Waals surface area contributed by atoms with Gasteiger partial charge in [-0.2, -0.15) is 0 Å². The summed E-state index contributed by atoms with van der Waals surface area (Å²) in [6.45, 7) is 2.83.